The van der Waals surface area contributed by atoms with Crippen LogP contribution in [0, 0.1) is 0 Å². The normalized spacial score (nSPS) is 17.0. The zero-order valence-corrected chi connectivity index (χ0v) is 14.5. The summed E-state index contributed by atoms with van der Waals surface area (Å²) in [7, 11) is 0. The fourth-order valence-corrected chi connectivity index (χ4v) is 2.83. The largest absolute Gasteiger partial charge is 0.492 e. The van der Waals surface area contributed by atoms with Crippen LogP contribution >= 0.6 is 15.9 Å². The number of ether oxygens (including phenoxy) is 1. The first-order chi connectivity index (χ1) is 11.6. The Labute approximate surface area is 148 Å². The van der Waals surface area contributed by atoms with E-state index in [0.717, 1.165) is 10.0 Å². The first kappa shape index (κ1) is 16.5. The highest BCUT2D eigenvalue weighted by molar-refractivity contribution is 9.10. The summed E-state index contributed by atoms with van der Waals surface area (Å²) in [5, 5.41) is 2.73. The maximum Gasteiger partial charge on any atom is 0.324 e. The van der Waals surface area contributed by atoms with Crippen LogP contribution < -0.4 is 10.1 Å². The third-order valence-corrected chi connectivity index (χ3v) is 4.32. The van der Waals surface area contributed by atoms with E-state index in [1.807, 2.05) is 54.6 Å². The molecule has 3 amide bonds. The molecule has 124 valence electrons. The van der Waals surface area contributed by atoms with Crippen LogP contribution in [0.3, 0.4) is 0 Å². The topological polar surface area (TPSA) is 58.6 Å². The Bertz CT molecular complexity index is 719. The molecular weight excluding hydrogens is 372 g/mol. The van der Waals surface area contributed by atoms with E-state index in [9.17, 15) is 9.59 Å². The van der Waals surface area contributed by atoms with Crippen LogP contribution in [0.5, 0.6) is 5.75 Å². The number of hydrogen-bond donors (Lipinski definition) is 1. The zero-order chi connectivity index (χ0) is 16.9. The van der Waals surface area contributed by atoms with Crippen LogP contribution in [0.4, 0.5) is 4.79 Å². The number of rotatable bonds is 6. The number of amides is 3. The molecule has 0 spiro atoms. The molecular formula is C18H17BrN2O3. The molecule has 0 bridgehead atoms. The fraction of sp³-hybridized carbons (Fsp3) is 0.222. The Morgan fingerprint density at radius 2 is 1.75 bits per heavy atom. The van der Waals surface area contributed by atoms with Gasteiger partial charge >= 0.3 is 6.03 Å². The molecule has 5 nitrogen and oxygen atoms in total. The van der Waals surface area contributed by atoms with E-state index in [-0.39, 0.29) is 25.1 Å². The monoisotopic (exact) mass is 388 g/mol. The molecule has 0 radical (unpaired) electrons. The number of carbonyl (C=O) groups excluding carboxylic acids is 2. The van der Waals surface area contributed by atoms with Crippen molar-refractivity contribution in [1.29, 1.82) is 0 Å². The lowest BCUT2D eigenvalue weighted by Crippen LogP contribution is -2.35. The lowest BCUT2D eigenvalue weighted by atomic mass is 10.1. The van der Waals surface area contributed by atoms with Gasteiger partial charge in [-0.05, 0) is 29.8 Å². The predicted molar refractivity (Wildman–Crippen MR) is 93.8 cm³/mol. The van der Waals surface area contributed by atoms with Gasteiger partial charge < -0.3 is 10.1 Å². The molecule has 1 aliphatic rings. The molecule has 1 saturated heterocycles. The Kier molecular flexibility index (Phi) is 5.15. The third kappa shape index (κ3) is 3.94. The molecule has 1 aliphatic heterocycles. The van der Waals surface area contributed by atoms with Crippen LogP contribution in [-0.4, -0.2) is 36.0 Å². The van der Waals surface area contributed by atoms with E-state index in [1.165, 1.54) is 4.90 Å². The molecule has 1 atom stereocenters. The number of hydrogen-bond acceptors (Lipinski definition) is 3. The van der Waals surface area contributed by atoms with Gasteiger partial charge in [0.2, 0.25) is 0 Å². The van der Waals surface area contributed by atoms with Crippen molar-refractivity contribution in [2.75, 3.05) is 13.2 Å². The zero-order valence-electron chi connectivity index (χ0n) is 12.9. The minimum atomic E-state index is -0.507. The van der Waals surface area contributed by atoms with Crippen LogP contribution in [-0.2, 0) is 11.2 Å². The summed E-state index contributed by atoms with van der Waals surface area (Å²) in [6, 6.07) is 16.2. The van der Waals surface area contributed by atoms with Gasteiger partial charge in [-0.3, -0.25) is 9.69 Å². The average Bonchev–Trinajstić information content (AvgIpc) is 2.85. The third-order valence-electron chi connectivity index (χ3n) is 3.79. The number of nitrogens with one attached hydrogen (secondary N) is 1. The summed E-state index contributed by atoms with van der Waals surface area (Å²) in [4.78, 5) is 25.6. The molecule has 1 fully saturated rings. The van der Waals surface area contributed by atoms with Gasteiger partial charge in [0, 0.05) is 10.9 Å². The van der Waals surface area contributed by atoms with Gasteiger partial charge in [0.25, 0.3) is 5.91 Å². The standard InChI is InChI=1S/C18H17BrN2O3/c19-14-6-8-15(9-7-14)24-11-10-21-17(22)16(20-18(21)23)12-13-4-2-1-3-5-13/h1-9,16H,10-12H2,(H,20,23). The van der Waals surface area contributed by atoms with Gasteiger partial charge in [-0.15, -0.1) is 0 Å². The van der Waals surface area contributed by atoms with Gasteiger partial charge in [-0.2, -0.15) is 0 Å². The van der Waals surface area contributed by atoms with Crippen molar-refractivity contribution in [2.45, 2.75) is 12.5 Å². The lowest BCUT2D eigenvalue weighted by Gasteiger charge is -2.14. The molecule has 1 unspecified atom stereocenters. The summed E-state index contributed by atoms with van der Waals surface area (Å²) in [6.07, 6.45) is 0.496. The van der Waals surface area contributed by atoms with Crippen molar-refractivity contribution in [3.63, 3.8) is 0 Å². The van der Waals surface area contributed by atoms with Crippen molar-refractivity contribution in [1.82, 2.24) is 10.2 Å². The van der Waals surface area contributed by atoms with Crippen molar-refractivity contribution in [3.05, 3.63) is 64.6 Å². The molecule has 2 aromatic rings. The van der Waals surface area contributed by atoms with Crippen molar-refractivity contribution >= 4 is 27.9 Å². The number of carbonyl (C=O) groups is 2. The van der Waals surface area contributed by atoms with Crippen LogP contribution in [0.1, 0.15) is 5.56 Å². The summed E-state index contributed by atoms with van der Waals surface area (Å²) in [5.41, 5.74) is 1.02. The molecule has 0 aliphatic carbocycles. The van der Waals surface area contributed by atoms with E-state index in [0.29, 0.717) is 12.2 Å². The average molecular weight is 389 g/mol. The second-order valence-electron chi connectivity index (χ2n) is 5.48. The Morgan fingerprint density at radius 1 is 1.04 bits per heavy atom. The van der Waals surface area contributed by atoms with E-state index < -0.39 is 6.04 Å². The number of imide groups is 1. The molecule has 0 aromatic heterocycles. The fourth-order valence-electron chi connectivity index (χ4n) is 2.56. The Hall–Kier alpha value is -2.34. The van der Waals surface area contributed by atoms with Crippen LogP contribution in [0.25, 0.3) is 0 Å². The van der Waals surface area contributed by atoms with Gasteiger partial charge in [0.15, 0.2) is 0 Å². The molecule has 0 saturated carbocycles. The van der Waals surface area contributed by atoms with E-state index >= 15 is 0 Å². The molecule has 2 aromatic carbocycles. The summed E-state index contributed by atoms with van der Waals surface area (Å²) in [5.74, 6) is 0.495. The quantitative estimate of drug-likeness (QED) is 0.773. The lowest BCUT2D eigenvalue weighted by molar-refractivity contribution is -0.127. The molecule has 1 heterocycles. The van der Waals surface area contributed by atoms with Crippen molar-refractivity contribution in [3.8, 4) is 5.75 Å². The van der Waals surface area contributed by atoms with Crippen LogP contribution in [0.2, 0.25) is 0 Å². The van der Waals surface area contributed by atoms with E-state index in [2.05, 4.69) is 21.2 Å². The van der Waals surface area contributed by atoms with Gasteiger partial charge in [-0.1, -0.05) is 46.3 Å². The highest BCUT2D eigenvalue weighted by atomic mass is 79.9. The Morgan fingerprint density at radius 3 is 2.46 bits per heavy atom. The minimum absolute atomic E-state index is 0.205. The first-order valence-corrected chi connectivity index (χ1v) is 8.47. The predicted octanol–water partition coefficient (Wildman–Crippen LogP) is 2.99. The maximum absolute atomic E-state index is 12.4. The molecule has 6 heteroatoms. The Balaban J connectivity index is 1.53. The molecule has 1 N–H and O–H groups in total. The van der Waals surface area contributed by atoms with Gasteiger partial charge in [0.1, 0.15) is 18.4 Å². The molecule has 24 heavy (non-hydrogen) atoms. The van der Waals surface area contributed by atoms with E-state index in [4.69, 9.17) is 4.74 Å². The summed E-state index contributed by atoms with van der Waals surface area (Å²) >= 11 is 3.36. The number of halogens is 1. The van der Waals surface area contributed by atoms with E-state index in [1.54, 1.807) is 0 Å². The second-order valence-corrected chi connectivity index (χ2v) is 6.40. The first-order valence-electron chi connectivity index (χ1n) is 7.67. The minimum Gasteiger partial charge on any atom is -0.492 e. The number of nitrogens with zero attached hydrogens (tertiary/aromatic N) is 1. The number of benzene rings is 2. The summed E-state index contributed by atoms with van der Waals surface area (Å²) in [6.45, 7) is 0.491. The highest BCUT2D eigenvalue weighted by Gasteiger charge is 2.37. The number of urea groups is 1. The second kappa shape index (κ2) is 7.49. The van der Waals surface area contributed by atoms with Crippen molar-refractivity contribution in [2.24, 2.45) is 0 Å². The SMILES string of the molecule is O=C1NC(Cc2ccccc2)C(=O)N1CCOc1ccc(Br)cc1. The van der Waals surface area contributed by atoms with Crippen LogP contribution in [0.15, 0.2) is 59.1 Å². The smallest absolute Gasteiger partial charge is 0.324 e. The highest BCUT2D eigenvalue weighted by Crippen LogP contribution is 2.16. The van der Waals surface area contributed by atoms with Gasteiger partial charge in [-0.25, -0.2) is 4.79 Å². The maximum atomic E-state index is 12.4. The summed E-state index contributed by atoms with van der Waals surface area (Å²) < 4.78 is 6.54. The molecule has 3 rings (SSSR count). The van der Waals surface area contributed by atoms with Crippen molar-refractivity contribution < 1.29 is 14.3 Å². The van der Waals surface area contributed by atoms with Gasteiger partial charge in [0.05, 0.1) is 6.54 Å².